The first-order valence-corrected chi connectivity index (χ1v) is 11.7. The van der Waals surface area contributed by atoms with Crippen LogP contribution in [0.25, 0.3) is 21.8 Å². The van der Waals surface area contributed by atoms with Crippen LogP contribution in [0.2, 0.25) is 0 Å². The minimum absolute atomic E-state index is 0.0373. The van der Waals surface area contributed by atoms with Gasteiger partial charge in [-0.1, -0.05) is 0 Å². The van der Waals surface area contributed by atoms with Crippen LogP contribution >= 0.6 is 0 Å². The van der Waals surface area contributed by atoms with E-state index in [0.29, 0.717) is 45.0 Å². The first kappa shape index (κ1) is 27.6. The normalized spacial score (nSPS) is 10.4. The third kappa shape index (κ3) is 5.70. The molecule has 0 saturated heterocycles. The fourth-order valence-electron chi connectivity index (χ4n) is 3.84. The number of aromatic amines is 1. The summed E-state index contributed by atoms with van der Waals surface area (Å²) in [5.41, 5.74) is 0.915. The van der Waals surface area contributed by atoms with E-state index < -0.39 is 10.7 Å². The average molecular weight is 550 g/mol. The lowest BCUT2D eigenvalue weighted by Gasteiger charge is -2.12. The highest BCUT2D eigenvalue weighted by molar-refractivity contribution is 5.88. The summed E-state index contributed by atoms with van der Waals surface area (Å²) in [5, 5.41) is 11.9. The Balaban J connectivity index is 0.000000210. The Hall–Kier alpha value is -5.39. The maximum Gasteiger partial charge on any atom is 0.272 e. The summed E-state index contributed by atoms with van der Waals surface area (Å²) < 4.78 is 40.4. The first-order chi connectivity index (χ1) is 19.3. The maximum absolute atomic E-state index is 14.1. The van der Waals surface area contributed by atoms with Crippen LogP contribution in [-0.2, 0) is 0 Å². The van der Waals surface area contributed by atoms with Gasteiger partial charge in [0.1, 0.15) is 5.75 Å². The summed E-state index contributed by atoms with van der Waals surface area (Å²) in [6.45, 7) is 0. The van der Waals surface area contributed by atoms with E-state index in [1.165, 1.54) is 38.6 Å². The molecule has 0 aliphatic heterocycles. The summed E-state index contributed by atoms with van der Waals surface area (Å²) in [5.74, 6) is 1.50. The van der Waals surface area contributed by atoms with Gasteiger partial charge in [-0.2, -0.15) is 0 Å². The van der Waals surface area contributed by atoms with E-state index in [4.69, 9.17) is 23.7 Å². The molecule has 0 aliphatic carbocycles. The van der Waals surface area contributed by atoms with Crippen molar-refractivity contribution < 1.29 is 33.0 Å². The van der Waals surface area contributed by atoms with Crippen LogP contribution in [0, 0.1) is 15.9 Å². The van der Waals surface area contributed by atoms with E-state index in [9.17, 15) is 19.3 Å². The molecule has 0 atom stereocenters. The number of nitro groups is 1. The van der Waals surface area contributed by atoms with Crippen molar-refractivity contribution in [3.05, 3.63) is 93.1 Å². The quantitative estimate of drug-likeness (QED) is 0.202. The van der Waals surface area contributed by atoms with Gasteiger partial charge in [0.15, 0.2) is 40.0 Å². The molecule has 3 aromatic carbocycles. The predicted molar refractivity (Wildman–Crippen MR) is 146 cm³/mol. The van der Waals surface area contributed by atoms with Crippen molar-refractivity contribution in [2.24, 2.45) is 0 Å². The highest BCUT2D eigenvalue weighted by Gasteiger charge is 2.15. The van der Waals surface area contributed by atoms with Crippen molar-refractivity contribution >= 4 is 27.5 Å². The predicted octanol–water partition coefficient (Wildman–Crippen LogP) is 5.64. The standard InChI is InChI=1S/C17H13FN2O5.C11H11NO3/c1-23-16-8-11-13(9-17(16)24-2)19-6-5-14(11)25-15-4-3-10(20(21)22)7-12(15)18;1-14-10-5-7-8(6-11(10)15-2)12-4-3-9(7)13/h3-9H,1-2H3;3-6H,1-2H3,(H,12,13). The number of methoxy groups -OCH3 is 4. The van der Waals surface area contributed by atoms with Crippen LogP contribution in [0.1, 0.15) is 0 Å². The molecule has 0 bridgehead atoms. The number of halogens is 1. The molecule has 0 aliphatic rings. The van der Waals surface area contributed by atoms with E-state index in [1.807, 2.05) is 0 Å². The lowest BCUT2D eigenvalue weighted by atomic mass is 10.2. The Morgan fingerprint density at radius 1 is 0.775 bits per heavy atom. The largest absolute Gasteiger partial charge is 0.493 e. The van der Waals surface area contributed by atoms with Crippen molar-refractivity contribution in [2.75, 3.05) is 28.4 Å². The molecular formula is C28H24FN3O8. The number of rotatable bonds is 7. The van der Waals surface area contributed by atoms with Crippen molar-refractivity contribution in [1.82, 2.24) is 9.97 Å². The van der Waals surface area contributed by atoms with Crippen LogP contribution < -0.4 is 29.1 Å². The van der Waals surface area contributed by atoms with Gasteiger partial charge in [0.05, 0.1) is 50.5 Å². The van der Waals surface area contributed by atoms with Gasteiger partial charge in [0.25, 0.3) is 5.69 Å². The number of pyridine rings is 2. The molecule has 0 spiro atoms. The van der Waals surface area contributed by atoms with Crippen LogP contribution in [0.3, 0.4) is 0 Å². The van der Waals surface area contributed by atoms with Crippen molar-refractivity contribution in [1.29, 1.82) is 0 Å². The molecule has 11 nitrogen and oxygen atoms in total. The number of non-ortho nitro benzene ring substituents is 1. The number of aromatic nitrogens is 2. The average Bonchev–Trinajstić information content (AvgIpc) is 2.97. The monoisotopic (exact) mass is 549 g/mol. The van der Waals surface area contributed by atoms with Crippen LogP contribution in [-0.4, -0.2) is 43.3 Å². The molecule has 2 heterocycles. The third-order valence-electron chi connectivity index (χ3n) is 5.82. The minimum Gasteiger partial charge on any atom is -0.493 e. The van der Waals surface area contributed by atoms with Crippen LogP contribution in [0.4, 0.5) is 10.1 Å². The zero-order valence-corrected chi connectivity index (χ0v) is 21.9. The minimum atomic E-state index is -0.834. The maximum atomic E-state index is 14.1. The SMILES string of the molecule is COc1cc2[nH]ccc(=O)c2cc1OC.COc1cc2nccc(Oc3ccc([N+](=O)[O-])cc3F)c2cc1OC. The second-order valence-corrected chi connectivity index (χ2v) is 8.10. The molecule has 0 saturated carbocycles. The highest BCUT2D eigenvalue weighted by Crippen LogP contribution is 2.37. The molecule has 5 aromatic rings. The molecular weight excluding hydrogens is 525 g/mol. The van der Waals surface area contributed by atoms with E-state index in [0.717, 1.165) is 11.6 Å². The zero-order chi connectivity index (χ0) is 28.8. The molecule has 2 aromatic heterocycles. The Morgan fingerprint density at radius 3 is 2.02 bits per heavy atom. The number of hydrogen-bond donors (Lipinski definition) is 1. The number of fused-ring (bicyclic) bond motifs is 2. The van der Waals surface area contributed by atoms with Gasteiger partial charge in [-0.25, -0.2) is 4.39 Å². The van der Waals surface area contributed by atoms with Gasteiger partial charge in [0, 0.05) is 47.4 Å². The summed E-state index contributed by atoms with van der Waals surface area (Å²) in [4.78, 5) is 28.8. The van der Waals surface area contributed by atoms with Crippen LogP contribution in [0.15, 0.2) is 71.8 Å². The number of nitrogens with zero attached hydrogens (tertiary/aromatic N) is 2. The van der Waals surface area contributed by atoms with E-state index in [2.05, 4.69) is 9.97 Å². The number of nitro benzene ring substituents is 1. The number of hydrogen-bond acceptors (Lipinski definition) is 9. The second kappa shape index (κ2) is 12.0. The highest BCUT2D eigenvalue weighted by atomic mass is 19.1. The van der Waals surface area contributed by atoms with Crippen molar-refractivity contribution in [3.63, 3.8) is 0 Å². The summed E-state index contributed by atoms with van der Waals surface area (Å²) in [6.07, 6.45) is 3.11. The lowest BCUT2D eigenvalue weighted by molar-refractivity contribution is -0.385. The second-order valence-electron chi connectivity index (χ2n) is 8.10. The zero-order valence-electron chi connectivity index (χ0n) is 21.9. The number of nitrogens with one attached hydrogen (secondary N) is 1. The fourth-order valence-corrected chi connectivity index (χ4v) is 3.84. The smallest absolute Gasteiger partial charge is 0.272 e. The number of H-pyrrole nitrogens is 1. The van der Waals surface area contributed by atoms with Gasteiger partial charge >= 0.3 is 0 Å². The van der Waals surface area contributed by atoms with Gasteiger partial charge in [-0.15, -0.1) is 0 Å². The van der Waals surface area contributed by atoms with Crippen molar-refractivity contribution in [3.8, 4) is 34.5 Å². The summed E-state index contributed by atoms with van der Waals surface area (Å²) in [7, 11) is 6.11. The Kier molecular flexibility index (Phi) is 8.28. The van der Waals surface area contributed by atoms with Gasteiger partial charge in [-0.05, 0) is 24.3 Å². The van der Waals surface area contributed by atoms with E-state index >= 15 is 0 Å². The molecule has 0 radical (unpaired) electrons. The molecule has 206 valence electrons. The number of ether oxygens (including phenoxy) is 5. The Bertz CT molecular complexity index is 1760. The van der Waals surface area contributed by atoms with E-state index in [-0.39, 0.29) is 16.9 Å². The molecule has 0 amide bonds. The fraction of sp³-hybridized carbons (Fsp3) is 0.143. The topological polar surface area (TPSA) is 135 Å². The molecule has 12 heteroatoms. The first-order valence-electron chi connectivity index (χ1n) is 11.7. The van der Waals surface area contributed by atoms with E-state index in [1.54, 1.807) is 50.7 Å². The molecule has 1 N–H and O–H groups in total. The Morgan fingerprint density at radius 2 is 1.40 bits per heavy atom. The molecule has 0 fully saturated rings. The Labute approximate surface area is 226 Å². The molecule has 40 heavy (non-hydrogen) atoms. The summed E-state index contributed by atoms with van der Waals surface area (Å²) >= 11 is 0. The van der Waals surface area contributed by atoms with Gasteiger partial charge < -0.3 is 28.7 Å². The molecule has 0 unspecified atom stereocenters. The lowest BCUT2D eigenvalue weighted by Crippen LogP contribution is -2.01. The van der Waals surface area contributed by atoms with Crippen LogP contribution in [0.5, 0.6) is 34.5 Å². The van der Waals surface area contributed by atoms with Gasteiger partial charge in [0.2, 0.25) is 0 Å². The third-order valence-corrected chi connectivity index (χ3v) is 5.82. The van der Waals surface area contributed by atoms with Gasteiger partial charge in [-0.3, -0.25) is 19.9 Å². The summed E-state index contributed by atoms with van der Waals surface area (Å²) in [6, 6.07) is 13.0. The number of benzene rings is 3. The molecule has 5 rings (SSSR count). The van der Waals surface area contributed by atoms with Crippen molar-refractivity contribution in [2.45, 2.75) is 0 Å².